The fraction of sp³-hybridized carbons (Fsp3) is 0.115. The van der Waals surface area contributed by atoms with E-state index in [0.29, 0.717) is 15.6 Å². The smallest absolute Gasteiger partial charge is 0.260 e. The van der Waals surface area contributed by atoms with E-state index >= 15 is 0 Å². The highest BCUT2D eigenvalue weighted by molar-refractivity contribution is 6.43. The average molecular weight is 491 g/mol. The Morgan fingerprint density at radius 1 is 1.03 bits per heavy atom. The van der Waals surface area contributed by atoms with Gasteiger partial charge < -0.3 is 4.57 Å². The lowest BCUT2D eigenvalue weighted by atomic mass is 10.1. The molecule has 0 spiro atoms. The number of hydrogen-bond donors (Lipinski definition) is 1. The maximum atomic E-state index is 12.9. The molecule has 2 amide bonds. The highest BCUT2D eigenvalue weighted by Gasteiger charge is 2.30. The van der Waals surface area contributed by atoms with Crippen molar-refractivity contribution in [3.63, 3.8) is 0 Å². The number of aromatic nitrogens is 1. The molecule has 170 valence electrons. The first kappa shape index (κ1) is 22.2. The second kappa shape index (κ2) is 8.63. The Hall–Kier alpha value is -3.61. The summed E-state index contributed by atoms with van der Waals surface area (Å²) in [5.41, 5.74) is 7.32. The molecule has 0 bridgehead atoms. The Morgan fingerprint density at radius 3 is 2.53 bits per heavy atom. The van der Waals surface area contributed by atoms with Crippen LogP contribution in [-0.4, -0.2) is 29.1 Å². The van der Waals surface area contributed by atoms with Gasteiger partial charge >= 0.3 is 0 Å². The fourth-order valence-electron chi connectivity index (χ4n) is 4.44. The number of halogens is 2. The van der Waals surface area contributed by atoms with E-state index in [1.54, 1.807) is 18.3 Å². The SMILES string of the molecule is Cc1cc(C=NNC(=O)CN2C(=O)c3cccc4cccc2c34)c(C)n1-c1cccc(Cl)c1Cl. The van der Waals surface area contributed by atoms with Crippen LogP contribution in [0.4, 0.5) is 5.69 Å². The van der Waals surface area contributed by atoms with Crippen LogP contribution in [0.1, 0.15) is 27.3 Å². The van der Waals surface area contributed by atoms with Crippen LogP contribution >= 0.6 is 23.2 Å². The third-order valence-electron chi connectivity index (χ3n) is 5.99. The molecule has 0 unspecified atom stereocenters. The molecule has 4 aromatic rings. The number of rotatable bonds is 5. The van der Waals surface area contributed by atoms with Crippen LogP contribution in [0.3, 0.4) is 0 Å². The zero-order chi connectivity index (χ0) is 24.0. The van der Waals surface area contributed by atoms with Gasteiger partial charge in [0, 0.05) is 27.9 Å². The van der Waals surface area contributed by atoms with Gasteiger partial charge in [-0.15, -0.1) is 0 Å². The maximum absolute atomic E-state index is 12.9. The molecule has 1 N–H and O–H groups in total. The Kier molecular flexibility index (Phi) is 5.63. The van der Waals surface area contributed by atoms with E-state index in [1.807, 2.05) is 66.9 Å². The summed E-state index contributed by atoms with van der Waals surface area (Å²) in [4.78, 5) is 27.0. The monoisotopic (exact) mass is 490 g/mol. The van der Waals surface area contributed by atoms with Gasteiger partial charge in [-0.2, -0.15) is 5.10 Å². The number of carbonyl (C=O) groups is 2. The molecule has 3 aromatic carbocycles. The van der Waals surface area contributed by atoms with E-state index in [1.165, 1.54) is 4.90 Å². The summed E-state index contributed by atoms with van der Waals surface area (Å²) in [6.07, 6.45) is 1.58. The molecule has 34 heavy (non-hydrogen) atoms. The Balaban J connectivity index is 1.32. The third kappa shape index (κ3) is 3.65. The van der Waals surface area contributed by atoms with Crippen LogP contribution in [0.25, 0.3) is 16.5 Å². The van der Waals surface area contributed by atoms with Crippen molar-refractivity contribution in [3.8, 4) is 5.69 Å². The van der Waals surface area contributed by atoms with E-state index in [0.717, 1.165) is 39.1 Å². The molecule has 5 rings (SSSR count). The number of nitrogens with zero attached hydrogens (tertiary/aromatic N) is 3. The largest absolute Gasteiger partial charge is 0.316 e. The summed E-state index contributed by atoms with van der Waals surface area (Å²) in [5.74, 6) is -0.575. The minimum absolute atomic E-state index is 0.124. The van der Waals surface area contributed by atoms with Crippen LogP contribution in [0.15, 0.2) is 65.8 Å². The summed E-state index contributed by atoms with van der Waals surface area (Å²) in [6.45, 7) is 3.77. The average Bonchev–Trinajstić information content (AvgIpc) is 3.25. The summed E-state index contributed by atoms with van der Waals surface area (Å²) >= 11 is 12.6. The van der Waals surface area contributed by atoms with Crippen molar-refractivity contribution >= 4 is 57.7 Å². The van der Waals surface area contributed by atoms with E-state index in [-0.39, 0.29) is 18.4 Å². The van der Waals surface area contributed by atoms with Gasteiger partial charge in [0.15, 0.2) is 0 Å². The normalized spacial score (nSPS) is 12.8. The van der Waals surface area contributed by atoms with Gasteiger partial charge in [0.1, 0.15) is 6.54 Å². The number of nitrogens with one attached hydrogen (secondary N) is 1. The van der Waals surface area contributed by atoms with Gasteiger partial charge in [-0.25, -0.2) is 5.43 Å². The highest BCUT2D eigenvalue weighted by atomic mass is 35.5. The first-order chi connectivity index (χ1) is 16.4. The minimum atomic E-state index is -0.388. The molecule has 2 heterocycles. The quantitative estimate of drug-likeness (QED) is 0.289. The van der Waals surface area contributed by atoms with E-state index in [2.05, 4.69) is 10.5 Å². The number of amides is 2. The molecule has 0 saturated carbocycles. The molecule has 1 aliphatic rings. The summed E-state index contributed by atoms with van der Waals surface area (Å²) < 4.78 is 1.98. The molecular formula is C26H20Cl2N4O2. The highest BCUT2D eigenvalue weighted by Crippen LogP contribution is 2.37. The van der Waals surface area contributed by atoms with Gasteiger partial charge in [0.25, 0.3) is 11.8 Å². The van der Waals surface area contributed by atoms with Crippen molar-refractivity contribution in [3.05, 3.63) is 93.2 Å². The van der Waals surface area contributed by atoms with Crippen molar-refractivity contribution < 1.29 is 9.59 Å². The lowest BCUT2D eigenvalue weighted by Gasteiger charge is -2.16. The fourth-order valence-corrected chi connectivity index (χ4v) is 4.82. The van der Waals surface area contributed by atoms with Crippen molar-refractivity contribution in [2.24, 2.45) is 5.10 Å². The number of benzene rings is 3. The standard InChI is InChI=1S/C26H20Cl2N4O2/c1-15-12-18(16(2)32(15)22-11-5-9-20(27)25(22)28)13-29-30-23(33)14-31-21-10-4-7-17-6-3-8-19(24(17)21)26(31)34/h3-13H,14H2,1-2H3,(H,30,33). The number of hydrazone groups is 1. The molecule has 0 fully saturated rings. The predicted octanol–water partition coefficient (Wildman–Crippen LogP) is 5.66. The number of aryl methyl sites for hydroxylation is 1. The summed E-state index contributed by atoms with van der Waals surface area (Å²) in [5, 5.41) is 6.91. The van der Waals surface area contributed by atoms with Crippen LogP contribution in [0.2, 0.25) is 10.0 Å². The lowest BCUT2D eigenvalue weighted by molar-refractivity contribution is -0.119. The Morgan fingerprint density at radius 2 is 1.74 bits per heavy atom. The second-order valence-electron chi connectivity index (χ2n) is 8.10. The van der Waals surface area contributed by atoms with Crippen molar-refractivity contribution in [1.82, 2.24) is 9.99 Å². The molecular weight excluding hydrogens is 471 g/mol. The minimum Gasteiger partial charge on any atom is -0.316 e. The number of carbonyl (C=O) groups excluding carboxylic acids is 2. The number of anilines is 1. The first-order valence-corrected chi connectivity index (χ1v) is 11.4. The van der Waals surface area contributed by atoms with Crippen LogP contribution in [-0.2, 0) is 4.79 Å². The van der Waals surface area contributed by atoms with E-state index in [4.69, 9.17) is 23.2 Å². The molecule has 0 saturated heterocycles. The predicted molar refractivity (Wildman–Crippen MR) is 137 cm³/mol. The van der Waals surface area contributed by atoms with E-state index < -0.39 is 0 Å². The Labute approximate surface area is 206 Å². The zero-order valence-electron chi connectivity index (χ0n) is 18.5. The zero-order valence-corrected chi connectivity index (χ0v) is 20.0. The van der Waals surface area contributed by atoms with Crippen molar-refractivity contribution in [1.29, 1.82) is 0 Å². The Bertz CT molecular complexity index is 1500. The molecule has 1 aliphatic heterocycles. The van der Waals surface area contributed by atoms with Gasteiger partial charge in [-0.1, -0.05) is 53.5 Å². The lowest BCUT2D eigenvalue weighted by Crippen LogP contribution is -2.37. The molecule has 8 heteroatoms. The number of hydrogen-bond acceptors (Lipinski definition) is 3. The molecule has 6 nitrogen and oxygen atoms in total. The summed E-state index contributed by atoms with van der Waals surface area (Å²) in [6, 6.07) is 18.7. The topological polar surface area (TPSA) is 66.7 Å². The van der Waals surface area contributed by atoms with Crippen molar-refractivity contribution in [2.45, 2.75) is 13.8 Å². The van der Waals surface area contributed by atoms with Gasteiger partial charge in [0.2, 0.25) is 0 Å². The van der Waals surface area contributed by atoms with Crippen LogP contribution < -0.4 is 10.3 Å². The summed E-state index contributed by atoms with van der Waals surface area (Å²) in [7, 11) is 0. The van der Waals surface area contributed by atoms with Crippen LogP contribution in [0.5, 0.6) is 0 Å². The first-order valence-electron chi connectivity index (χ1n) is 10.7. The van der Waals surface area contributed by atoms with Crippen LogP contribution in [0, 0.1) is 13.8 Å². The third-order valence-corrected chi connectivity index (χ3v) is 6.79. The second-order valence-corrected chi connectivity index (χ2v) is 8.89. The molecule has 1 aromatic heterocycles. The molecule has 0 aliphatic carbocycles. The van der Waals surface area contributed by atoms with E-state index in [9.17, 15) is 9.59 Å². The van der Waals surface area contributed by atoms with Gasteiger partial charge in [-0.3, -0.25) is 14.5 Å². The molecule has 0 atom stereocenters. The van der Waals surface area contributed by atoms with Gasteiger partial charge in [-0.05, 0) is 49.6 Å². The van der Waals surface area contributed by atoms with Crippen molar-refractivity contribution in [2.75, 3.05) is 11.4 Å². The maximum Gasteiger partial charge on any atom is 0.260 e. The molecule has 0 radical (unpaired) electrons. The van der Waals surface area contributed by atoms with Gasteiger partial charge in [0.05, 0.1) is 27.6 Å².